The third-order valence-electron chi connectivity index (χ3n) is 5.12. The van der Waals surface area contributed by atoms with E-state index in [-0.39, 0.29) is 5.91 Å². The summed E-state index contributed by atoms with van der Waals surface area (Å²) in [6.07, 6.45) is 0. The van der Waals surface area contributed by atoms with Crippen LogP contribution in [0.15, 0.2) is 53.9 Å². The molecule has 1 aliphatic rings. The van der Waals surface area contributed by atoms with E-state index in [1.54, 1.807) is 24.3 Å². The number of fused-ring (bicyclic) bond motifs is 1. The molecule has 2 N–H and O–H groups in total. The second-order valence-electron chi connectivity index (χ2n) is 7.34. The highest BCUT2D eigenvalue weighted by Gasteiger charge is 2.40. The molecule has 0 fully saturated rings. The first kappa shape index (κ1) is 21.4. The maximum absolute atomic E-state index is 12.7. The minimum atomic E-state index is -0.984. The molecule has 0 saturated heterocycles. The molecule has 0 saturated carbocycles. The Morgan fingerprint density at radius 3 is 2.25 bits per heavy atom. The zero-order valence-electron chi connectivity index (χ0n) is 17.4. The average Bonchev–Trinajstić information content (AvgIpc) is 3.35. The zero-order valence-corrected chi connectivity index (χ0v) is 18.2. The fraction of sp³-hybridized carbons (Fsp3) is 0.174. The minimum absolute atomic E-state index is 0.0931. The van der Waals surface area contributed by atoms with Gasteiger partial charge in [-0.15, -0.1) is 11.3 Å². The van der Waals surface area contributed by atoms with E-state index in [1.165, 1.54) is 25.2 Å². The van der Waals surface area contributed by atoms with Crippen LogP contribution in [0.5, 0.6) is 0 Å². The van der Waals surface area contributed by atoms with Crippen molar-refractivity contribution < 1.29 is 19.2 Å². The van der Waals surface area contributed by atoms with Gasteiger partial charge in [0, 0.05) is 24.4 Å². The summed E-state index contributed by atoms with van der Waals surface area (Å²) < 4.78 is 0. The molecule has 1 atom stereocenters. The normalized spacial score (nSPS) is 13.6. The number of aromatic nitrogens is 1. The number of rotatable bonds is 6. The Morgan fingerprint density at radius 1 is 1.03 bits per heavy atom. The van der Waals surface area contributed by atoms with E-state index in [1.807, 2.05) is 29.6 Å². The second kappa shape index (κ2) is 8.72. The number of carbonyl (C=O) groups is 4. The van der Waals surface area contributed by atoms with Crippen LogP contribution in [0.2, 0.25) is 0 Å². The van der Waals surface area contributed by atoms with E-state index < -0.39 is 23.8 Å². The summed E-state index contributed by atoms with van der Waals surface area (Å²) in [6.45, 7) is 3.43. The number of carbonyl (C=O) groups excluding carboxylic acids is 4. The van der Waals surface area contributed by atoms with Crippen LogP contribution in [-0.2, 0) is 16.1 Å². The summed E-state index contributed by atoms with van der Waals surface area (Å²) in [6, 6.07) is 13.1. The van der Waals surface area contributed by atoms with Crippen LogP contribution in [0.4, 0.5) is 5.13 Å². The van der Waals surface area contributed by atoms with Gasteiger partial charge in [0.15, 0.2) is 5.13 Å². The van der Waals surface area contributed by atoms with Crippen molar-refractivity contribution in [2.45, 2.75) is 26.4 Å². The molecule has 0 bridgehead atoms. The summed E-state index contributed by atoms with van der Waals surface area (Å²) in [5.41, 5.74) is 3.11. The molecule has 162 valence electrons. The third kappa shape index (κ3) is 4.15. The summed E-state index contributed by atoms with van der Waals surface area (Å²) in [7, 11) is 0. The summed E-state index contributed by atoms with van der Waals surface area (Å²) in [5.74, 6) is -1.55. The Hall–Kier alpha value is -3.85. The van der Waals surface area contributed by atoms with E-state index in [0.29, 0.717) is 28.5 Å². The molecule has 9 heteroatoms. The molecule has 0 spiro atoms. The number of hydrogen-bond donors (Lipinski definition) is 2. The number of benzene rings is 2. The molecule has 8 nitrogen and oxygen atoms in total. The van der Waals surface area contributed by atoms with Crippen molar-refractivity contribution >= 4 is 40.1 Å². The number of thiazole rings is 1. The van der Waals surface area contributed by atoms with Crippen molar-refractivity contribution in [3.8, 4) is 11.3 Å². The van der Waals surface area contributed by atoms with Gasteiger partial charge in [-0.3, -0.25) is 24.1 Å². The van der Waals surface area contributed by atoms with Crippen LogP contribution in [0.25, 0.3) is 11.3 Å². The van der Waals surface area contributed by atoms with E-state index in [9.17, 15) is 19.2 Å². The average molecular weight is 449 g/mol. The molecule has 0 aliphatic carbocycles. The van der Waals surface area contributed by atoms with Crippen LogP contribution >= 0.6 is 11.3 Å². The second-order valence-corrected chi connectivity index (χ2v) is 8.19. The van der Waals surface area contributed by atoms with E-state index in [2.05, 4.69) is 15.6 Å². The van der Waals surface area contributed by atoms with Gasteiger partial charge in [-0.05, 0) is 24.6 Å². The van der Waals surface area contributed by atoms with Gasteiger partial charge in [0.2, 0.25) is 11.8 Å². The smallest absolute Gasteiger partial charge is 0.262 e. The first-order valence-electron chi connectivity index (χ1n) is 9.92. The lowest BCUT2D eigenvalue weighted by Gasteiger charge is -2.21. The number of hydrogen-bond acceptors (Lipinski definition) is 6. The summed E-state index contributed by atoms with van der Waals surface area (Å²) in [4.78, 5) is 54.4. The number of anilines is 1. The molecular formula is C23H20N4O4S. The Bertz CT molecular complexity index is 1180. The Morgan fingerprint density at radius 2 is 1.66 bits per heavy atom. The van der Waals surface area contributed by atoms with Gasteiger partial charge in [-0.2, -0.15) is 0 Å². The van der Waals surface area contributed by atoms with Crippen LogP contribution in [0, 0.1) is 0 Å². The number of amides is 4. The molecule has 1 aliphatic heterocycles. The first-order valence-corrected chi connectivity index (χ1v) is 10.8. The third-order valence-corrected chi connectivity index (χ3v) is 5.88. The number of imide groups is 1. The first-order chi connectivity index (χ1) is 15.3. The minimum Gasteiger partial charge on any atom is -0.352 e. The highest BCUT2D eigenvalue weighted by molar-refractivity contribution is 7.14. The van der Waals surface area contributed by atoms with E-state index in [0.717, 1.165) is 16.0 Å². The standard InChI is InChI=1S/C23H20N4O4S/c1-13(27-21(30)17-5-3-4-6-18(17)22(27)31)20(29)26-23-25-19(12-32-23)16-9-7-15(8-10-16)11-24-14(2)28/h3-10,12-13H,11H2,1-2H3,(H,24,28)(H,25,26,29). The fourth-order valence-electron chi connectivity index (χ4n) is 3.37. The predicted octanol–water partition coefficient (Wildman–Crippen LogP) is 3.07. The van der Waals surface area contributed by atoms with Crippen LogP contribution in [-0.4, -0.2) is 39.6 Å². The Kier molecular flexibility index (Phi) is 5.83. The molecule has 2 aromatic carbocycles. The quantitative estimate of drug-likeness (QED) is 0.564. The van der Waals surface area contributed by atoms with Gasteiger partial charge in [-0.1, -0.05) is 36.4 Å². The number of nitrogens with one attached hydrogen (secondary N) is 2. The van der Waals surface area contributed by atoms with E-state index >= 15 is 0 Å². The SMILES string of the molecule is CC(=O)NCc1ccc(-c2csc(NC(=O)C(C)N3C(=O)c4ccccc4C3=O)n2)cc1. The van der Waals surface area contributed by atoms with Crippen LogP contribution in [0.1, 0.15) is 40.1 Å². The van der Waals surface area contributed by atoms with Crippen molar-refractivity contribution in [2.75, 3.05) is 5.32 Å². The molecular weight excluding hydrogens is 428 g/mol. The van der Waals surface area contributed by atoms with Crippen molar-refractivity contribution in [3.63, 3.8) is 0 Å². The van der Waals surface area contributed by atoms with Gasteiger partial charge in [0.25, 0.3) is 11.8 Å². The molecule has 1 aromatic heterocycles. The van der Waals surface area contributed by atoms with Gasteiger partial charge >= 0.3 is 0 Å². The molecule has 4 rings (SSSR count). The predicted molar refractivity (Wildman–Crippen MR) is 120 cm³/mol. The lowest BCUT2D eigenvalue weighted by Crippen LogP contribution is -2.45. The molecule has 3 aromatic rings. The van der Waals surface area contributed by atoms with Crippen molar-refractivity contribution in [2.24, 2.45) is 0 Å². The van der Waals surface area contributed by atoms with Crippen LogP contribution < -0.4 is 10.6 Å². The molecule has 32 heavy (non-hydrogen) atoms. The maximum atomic E-state index is 12.7. The van der Waals surface area contributed by atoms with Gasteiger partial charge < -0.3 is 10.6 Å². The topological polar surface area (TPSA) is 108 Å². The van der Waals surface area contributed by atoms with E-state index in [4.69, 9.17) is 0 Å². The van der Waals surface area contributed by atoms with Crippen molar-refractivity contribution in [1.29, 1.82) is 0 Å². The monoisotopic (exact) mass is 448 g/mol. The zero-order chi connectivity index (χ0) is 22.8. The Balaban J connectivity index is 1.42. The van der Waals surface area contributed by atoms with Crippen LogP contribution in [0.3, 0.4) is 0 Å². The summed E-state index contributed by atoms with van der Waals surface area (Å²) >= 11 is 1.25. The largest absolute Gasteiger partial charge is 0.352 e. The fourth-order valence-corrected chi connectivity index (χ4v) is 4.09. The summed E-state index contributed by atoms with van der Waals surface area (Å²) in [5, 5.41) is 7.62. The van der Waals surface area contributed by atoms with Crippen molar-refractivity contribution in [3.05, 3.63) is 70.6 Å². The van der Waals surface area contributed by atoms with Gasteiger partial charge in [-0.25, -0.2) is 4.98 Å². The highest BCUT2D eigenvalue weighted by Crippen LogP contribution is 2.27. The Labute approximate surface area is 188 Å². The number of nitrogens with zero attached hydrogens (tertiary/aromatic N) is 2. The van der Waals surface area contributed by atoms with Crippen molar-refractivity contribution in [1.82, 2.24) is 15.2 Å². The molecule has 0 radical (unpaired) electrons. The molecule has 2 heterocycles. The van der Waals surface area contributed by atoms with Gasteiger partial charge in [0.1, 0.15) is 6.04 Å². The molecule has 4 amide bonds. The molecule has 1 unspecified atom stereocenters. The lowest BCUT2D eigenvalue weighted by molar-refractivity contribution is -0.120. The highest BCUT2D eigenvalue weighted by atomic mass is 32.1. The van der Waals surface area contributed by atoms with Gasteiger partial charge in [0.05, 0.1) is 16.8 Å². The maximum Gasteiger partial charge on any atom is 0.262 e. The lowest BCUT2D eigenvalue weighted by atomic mass is 10.1.